The van der Waals surface area contributed by atoms with Gasteiger partial charge in [-0.2, -0.15) is 0 Å². The first-order valence-corrected chi connectivity index (χ1v) is 11.0. The maximum Gasteiger partial charge on any atom is 0.251 e. The summed E-state index contributed by atoms with van der Waals surface area (Å²) in [4.78, 5) is 13.0. The van der Waals surface area contributed by atoms with E-state index < -0.39 is 10.0 Å². The summed E-state index contributed by atoms with van der Waals surface area (Å²) in [5, 5.41) is 3.16. The lowest BCUT2D eigenvalue weighted by Gasteiger charge is -2.22. The Balaban J connectivity index is 2.26. The van der Waals surface area contributed by atoms with Gasteiger partial charge in [0.05, 0.1) is 4.90 Å². The third kappa shape index (κ3) is 4.46. The molecule has 1 fully saturated rings. The maximum atomic E-state index is 12.8. The number of carbonyl (C=O) groups excluding carboxylic acids is 1. The molecule has 2 rings (SSSR count). The van der Waals surface area contributed by atoms with Crippen LogP contribution in [-0.4, -0.2) is 38.8 Å². The molecule has 0 aliphatic heterocycles. The molecule has 2 atom stereocenters. The van der Waals surface area contributed by atoms with Gasteiger partial charge in [0, 0.05) is 25.7 Å². The van der Waals surface area contributed by atoms with Crippen LogP contribution in [0.15, 0.2) is 17.0 Å². The number of benzene rings is 1. The number of hydrogen-bond donors (Lipinski definition) is 1. The molecule has 1 amide bonds. The number of unbranched alkanes of at least 4 members (excludes halogenated alkanes) is 1. The van der Waals surface area contributed by atoms with E-state index in [1.807, 2.05) is 6.92 Å². The predicted octanol–water partition coefficient (Wildman–Crippen LogP) is 3.64. The Labute approximate surface area is 158 Å². The van der Waals surface area contributed by atoms with Gasteiger partial charge in [-0.1, -0.05) is 26.2 Å². The van der Waals surface area contributed by atoms with E-state index in [2.05, 4.69) is 12.2 Å². The fourth-order valence-corrected chi connectivity index (χ4v) is 4.93. The minimum absolute atomic E-state index is 0.170. The van der Waals surface area contributed by atoms with E-state index in [1.54, 1.807) is 13.0 Å². The van der Waals surface area contributed by atoms with Crippen LogP contribution in [-0.2, 0) is 10.0 Å². The van der Waals surface area contributed by atoms with Crippen LogP contribution in [0, 0.1) is 19.8 Å². The summed E-state index contributed by atoms with van der Waals surface area (Å²) < 4.78 is 26.4. The van der Waals surface area contributed by atoms with Gasteiger partial charge in [0.15, 0.2) is 0 Å². The molecule has 1 aliphatic rings. The smallest absolute Gasteiger partial charge is 0.251 e. The molecule has 0 bridgehead atoms. The minimum Gasteiger partial charge on any atom is -0.349 e. The van der Waals surface area contributed by atoms with E-state index >= 15 is 0 Å². The van der Waals surface area contributed by atoms with E-state index in [-0.39, 0.29) is 16.8 Å². The lowest BCUT2D eigenvalue weighted by molar-refractivity contribution is 0.0926. The fourth-order valence-electron chi connectivity index (χ4n) is 3.71. The third-order valence-corrected chi connectivity index (χ3v) is 7.49. The van der Waals surface area contributed by atoms with Gasteiger partial charge >= 0.3 is 0 Å². The minimum atomic E-state index is -3.58. The number of sulfonamides is 1. The molecule has 0 radical (unpaired) electrons. The maximum absolute atomic E-state index is 12.8. The number of amides is 1. The molecule has 1 aromatic rings. The molecule has 1 N–H and O–H groups in total. The fraction of sp³-hybridized carbons (Fsp3) is 0.650. The van der Waals surface area contributed by atoms with E-state index in [0.717, 1.165) is 31.2 Å². The predicted molar refractivity (Wildman–Crippen MR) is 105 cm³/mol. The van der Waals surface area contributed by atoms with Crippen LogP contribution >= 0.6 is 0 Å². The van der Waals surface area contributed by atoms with Crippen molar-refractivity contribution in [3.8, 4) is 0 Å². The SMILES string of the molecule is CCCCC1CCCC1NC(=O)c1cc(C)c(C)c(S(=O)(=O)N(C)C)c1. The van der Waals surface area contributed by atoms with Gasteiger partial charge in [-0.3, -0.25) is 4.79 Å². The van der Waals surface area contributed by atoms with Crippen LogP contribution in [0.1, 0.15) is 66.9 Å². The van der Waals surface area contributed by atoms with Crippen molar-refractivity contribution in [2.45, 2.75) is 70.2 Å². The molecule has 6 heteroatoms. The van der Waals surface area contributed by atoms with Gasteiger partial charge in [0.2, 0.25) is 10.0 Å². The Morgan fingerprint density at radius 2 is 1.92 bits per heavy atom. The summed E-state index contributed by atoms with van der Waals surface area (Å²) in [7, 11) is -0.567. The molecule has 1 aromatic carbocycles. The van der Waals surface area contributed by atoms with Gasteiger partial charge < -0.3 is 5.32 Å². The zero-order chi connectivity index (χ0) is 19.5. The van der Waals surface area contributed by atoms with Crippen molar-refractivity contribution in [2.75, 3.05) is 14.1 Å². The van der Waals surface area contributed by atoms with Crippen LogP contribution in [0.3, 0.4) is 0 Å². The number of nitrogens with zero attached hydrogens (tertiary/aromatic N) is 1. The molecule has 0 spiro atoms. The first-order valence-electron chi connectivity index (χ1n) is 9.53. The Kier molecular flexibility index (Phi) is 6.86. The molecular weight excluding hydrogens is 348 g/mol. The van der Waals surface area contributed by atoms with Crippen molar-refractivity contribution in [1.82, 2.24) is 9.62 Å². The highest BCUT2D eigenvalue weighted by Crippen LogP contribution is 2.30. The van der Waals surface area contributed by atoms with Gasteiger partial charge in [0.1, 0.15) is 0 Å². The highest BCUT2D eigenvalue weighted by atomic mass is 32.2. The summed E-state index contributed by atoms with van der Waals surface area (Å²) in [5.41, 5.74) is 1.93. The monoisotopic (exact) mass is 380 g/mol. The average molecular weight is 381 g/mol. The Morgan fingerprint density at radius 3 is 2.54 bits per heavy atom. The largest absolute Gasteiger partial charge is 0.349 e. The normalized spacial score (nSPS) is 20.5. The van der Waals surface area contributed by atoms with Gasteiger partial charge in [0.25, 0.3) is 5.91 Å². The highest BCUT2D eigenvalue weighted by molar-refractivity contribution is 7.89. The molecule has 0 aromatic heterocycles. The summed E-state index contributed by atoms with van der Waals surface area (Å²) in [6, 6.07) is 3.50. The van der Waals surface area contributed by atoms with Crippen molar-refractivity contribution < 1.29 is 13.2 Å². The quantitative estimate of drug-likeness (QED) is 0.785. The van der Waals surface area contributed by atoms with E-state index in [4.69, 9.17) is 0 Å². The standard InChI is InChI=1S/C20H32N2O3S/c1-6-7-9-16-10-8-11-18(16)21-20(23)17-12-14(2)15(3)19(13-17)26(24,25)22(4)5/h12-13,16,18H,6-11H2,1-5H3,(H,21,23). The Hall–Kier alpha value is -1.40. The van der Waals surface area contributed by atoms with Crippen LogP contribution in [0.2, 0.25) is 0 Å². The topological polar surface area (TPSA) is 66.5 Å². The Bertz CT molecular complexity index is 757. The van der Waals surface area contributed by atoms with Crippen molar-refractivity contribution >= 4 is 15.9 Å². The summed E-state index contributed by atoms with van der Waals surface area (Å²) in [5.74, 6) is 0.368. The summed E-state index contributed by atoms with van der Waals surface area (Å²) in [6.07, 6.45) is 6.82. The average Bonchev–Trinajstić information content (AvgIpc) is 3.01. The zero-order valence-electron chi connectivity index (χ0n) is 16.6. The molecular formula is C20H32N2O3S. The second kappa shape index (κ2) is 8.53. The number of carbonyl (C=O) groups is 1. The van der Waals surface area contributed by atoms with Gasteiger partial charge in [-0.15, -0.1) is 0 Å². The molecule has 26 heavy (non-hydrogen) atoms. The van der Waals surface area contributed by atoms with Crippen LogP contribution in [0.4, 0.5) is 0 Å². The van der Waals surface area contributed by atoms with E-state index in [0.29, 0.717) is 17.0 Å². The molecule has 1 aliphatic carbocycles. The molecule has 0 heterocycles. The van der Waals surface area contributed by atoms with Crippen molar-refractivity contribution in [2.24, 2.45) is 5.92 Å². The highest BCUT2D eigenvalue weighted by Gasteiger charge is 2.29. The zero-order valence-corrected chi connectivity index (χ0v) is 17.4. The summed E-state index contributed by atoms with van der Waals surface area (Å²) in [6.45, 7) is 5.82. The molecule has 146 valence electrons. The molecule has 2 unspecified atom stereocenters. The van der Waals surface area contributed by atoms with Crippen LogP contribution < -0.4 is 5.32 Å². The van der Waals surface area contributed by atoms with Gasteiger partial charge in [-0.05, 0) is 62.3 Å². The van der Waals surface area contributed by atoms with Crippen molar-refractivity contribution in [3.05, 3.63) is 28.8 Å². The third-order valence-electron chi connectivity index (χ3n) is 5.54. The first kappa shape index (κ1) is 20.9. The Morgan fingerprint density at radius 1 is 1.23 bits per heavy atom. The number of aryl methyl sites for hydroxylation is 1. The number of hydrogen-bond acceptors (Lipinski definition) is 3. The number of rotatable bonds is 7. The lowest BCUT2D eigenvalue weighted by atomic mass is 9.96. The number of nitrogens with one attached hydrogen (secondary N) is 1. The van der Waals surface area contributed by atoms with Crippen LogP contribution in [0.25, 0.3) is 0 Å². The molecule has 5 nitrogen and oxygen atoms in total. The second-order valence-corrected chi connectivity index (χ2v) is 9.74. The van der Waals surface area contributed by atoms with E-state index in [1.165, 1.54) is 37.3 Å². The second-order valence-electron chi connectivity index (χ2n) is 7.62. The molecule has 0 saturated heterocycles. The lowest BCUT2D eigenvalue weighted by Crippen LogP contribution is -2.37. The van der Waals surface area contributed by atoms with Crippen molar-refractivity contribution in [3.63, 3.8) is 0 Å². The summed E-state index contributed by atoms with van der Waals surface area (Å²) >= 11 is 0. The van der Waals surface area contributed by atoms with Gasteiger partial charge in [-0.25, -0.2) is 12.7 Å². The molecule has 1 saturated carbocycles. The van der Waals surface area contributed by atoms with Crippen molar-refractivity contribution in [1.29, 1.82) is 0 Å². The van der Waals surface area contributed by atoms with Crippen LogP contribution in [0.5, 0.6) is 0 Å². The van der Waals surface area contributed by atoms with E-state index in [9.17, 15) is 13.2 Å². The first-order chi connectivity index (χ1) is 12.2.